The van der Waals surface area contributed by atoms with Gasteiger partial charge in [-0.25, -0.2) is 0 Å². The van der Waals surface area contributed by atoms with E-state index in [1.807, 2.05) is 18.2 Å². The van der Waals surface area contributed by atoms with Crippen LogP contribution >= 0.6 is 0 Å². The van der Waals surface area contributed by atoms with Crippen LogP contribution in [0.2, 0.25) is 0 Å². The lowest BCUT2D eigenvalue weighted by Crippen LogP contribution is -2.41. The van der Waals surface area contributed by atoms with E-state index in [2.05, 4.69) is 37.0 Å². The van der Waals surface area contributed by atoms with Gasteiger partial charge < -0.3 is 9.84 Å². The Bertz CT molecular complexity index is 731. The molecule has 2 fully saturated rings. The first-order chi connectivity index (χ1) is 13.5. The van der Waals surface area contributed by atoms with E-state index in [0.717, 1.165) is 13.0 Å². The van der Waals surface area contributed by atoms with Crippen LogP contribution in [0.1, 0.15) is 45.1 Å². The lowest BCUT2D eigenvalue weighted by atomic mass is 9.59. The van der Waals surface area contributed by atoms with Crippen molar-refractivity contribution in [3.8, 4) is 0 Å². The van der Waals surface area contributed by atoms with E-state index in [1.54, 1.807) is 5.57 Å². The van der Waals surface area contributed by atoms with Crippen molar-refractivity contribution in [1.82, 2.24) is 4.90 Å². The van der Waals surface area contributed by atoms with Crippen LogP contribution in [0.4, 0.5) is 0 Å². The summed E-state index contributed by atoms with van der Waals surface area (Å²) in [5.41, 5.74) is 2.96. The van der Waals surface area contributed by atoms with Crippen molar-refractivity contribution in [2.24, 2.45) is 23.2 Å². The number of esters is 1. The zero-order valence-electron chi connectivity index (χ0n) is 17.1. The molecule has 2 aliphatic carbocycles. The number of benzene rings is 1. The molecular formula is C24H33NO3. The number of aliphatic hydroxyl groups is 1. The number of carbonyl (C=O) groups is 1. The first-order valence-corrected chi connectivity index (χ1v) is 10.8. The molecule has 0 aromatic heterocycles. The number of carbonyl (C=O) groups excluding carboxylic acids is 1. The van der Waals surface area contributed by atoms with Crippen LogP contribution in [0.5, 0.6) is 0 Å². The monoisotopic (exact) mass is 383 g/mol. The number of fused-ring (bicyclic) bond motifs is 2. The molecule has 1 heterocycles. The van der Waals surface area contributed by atoms with Gasteiger partial charge >= 0.3 is 5.97 Å². The SMILES string of the molecule is CC1CCCC2(C)CC3OC(=O)C(CN(CCO)Cc4ccccc4)C3C=C12. The molecule has 28 heavy (non-hydrogen) atoms. The Balaban J connectivity index is 1.54. The van der Waals surface area contributed by atoms with Gasteiger partial charge in [0.25, 0.3) is 0 Å². The Morgan fingerprint density at radius 1 is 1.29 bits per heavy atom. The normalized spacial score (nSPS) is 34.6. The summed E-state index contributed by atoms with van der Waals surface area (Å²) in [5.74, 6) is 0.589. The second-order valence-electron chi connectivity index (χ2n) is 9.28. The van der Waals surface area contributed by atoms with E-state index in [-0.39, 0.29) is 35.9 Å². The highest BCUT2D eigenvalue weighted by Crippen LogP contribution is 2.54. The molecule has 0 spiro atoms. The fourth-order valence-electron chi connectivity index (χ4n) is 5.75. The van der Waals surface area contributed by atoms with Crippen LogP contribution in [-0.4, -0.2) is 41.8 Å². The molecule has 1 aromatic carbocycles. The van der Waals surface area contributed by atoms with Crippen LogP contribution in [0.25, 0.3) is 0 Å². The fourth-order valence-corrected chi connectivity index (χ4v) is 5.75. The van der Waals surface area contributed by atoms with E-state index in [0.29, 0.717) is 19.0 Å². The van der Waals surface area contributed by atoms with Crippen LogP contribution in [0.15, 0.2) is 42.0 Å². The summed E-state index contributed by atoms with van der Waals surface area (Å²) in [6.07, 6.45) is 7.12. The van der Waals surface area contributed by atoms with Gasteiger partial charge in [0.15, 0.2) is 0 Å². The van der Waals surface area contributed by atoms with Crippen LogP contribution in [-0.2, 0) is 16.1 Å². The average Bonchev–Trinajstić information content (AvgIpc) is 2.95. The van der Waals surface area contributed by atoms with Gasteiger partial charge in [-0.15, -0.1) is 0 Å². The molecule has 4 nitrogen and oxygen atoms in total. The summed E-state index contributed by atoms with van der Waals surface area (Å²) in [4.78, 5) is 15.0. The van der Waals surface area contributed by atoms with Crippen molar-refractivity contribution >= 4 is 5.97 Å². The minimum Gasteiger partial charge on any atom is -0.461 e. The topological polar surface area (TPSA) is 49.8 Å². The number of rotatable bonds is 6. The number of nitrogens with zero attached hydrogens (tertiary/aromatic N) is 1. The summed E-state index contributed by atoms with van der Waals surface area (Å²) in [6.45, 7) is 6.75. The summed E-state index contributed by atoms with van der Waals surface area (Å²) in [6, 6.07) is 10.3. The number of aliphatic hydroxyl groups excluding tert-OH is 1. The molecular weight excluding hydrogens is 350 g/mol. The highest BCUT2D eigenvalue weighted by molar-refractivity contribution is 5.76. The van der Waals surface area contributed by atoms with Gasteiger partial charge in [-0.05, 0) is 36.2 Å². The Labute approximate surface area is 168 Å². The number of hydrogen-bond acceptors (Lipinski definition) is 4. The summed E-state index contributed by atoms with van der Waals surface area (Å²) in [5, 5.41) is 9.54. The largest absolute Gasteiger partial charge is 0.461 e. The Hall–Kier alpha value is -1.65. The Morgan fingerprint density at radius 2 is 2.07 bits per heavy atom. The van der Waals surface area contributed by atoms with Gasteiger partial charge in [0.05, 0.1) is 12.5 Å². The quantitative estimate of drug-likeness (QED) is 0.600. The minimum absolute atomic E-state index is 0.0178. The first kappa shape index (κ1) is 19.7. The highest BCUT2D eigenvalue weighted by Gasteiger charge is 2.51. The molecule has 0 bridgehead atoms. The third-order valence-electron chi connectivity index (χ3n) is 7.20. The third kappa shape index (κ3) is 3.77. The average molecular weight is 384 g/mol. The first-order valence-electron chi connectivity index (χ1n) is 10.8. The summed E-state index contributed by atoms with van der Waals surface area (Å²) in [7, 11) is 0. The van der Waals surface area contributed by atoms with E-state index in [9.17, 15) is 9.90 Å². The van der Waals surface area contributed by atoms with E-state index < -0.39 is 0 Å². The molecule has 1 saturated carbocycles. The smallest absolute Gasteiger partial charge is 0.311 e. The van der Waals surface area contributed by atoms with Crippen LogP contribution in [0, 0.1) is 23.2 Å². The highest BCUT2D eigenvalue weighted by atomic mass is 16.6. The third-order valence-corrected chi connectivity index (χ3v) is 7.20. The molecule has 0 radical (unpaired) electrons. The van der Waals surface area contributed by atoms with Crippen molar-refractivity contribution in [3.05, 3.63) is 47.5 Å². The molecule has 1 aromatic rings. The van der Waals surface area contributed by atoms with Gasteiger partial charge in [0.2, 0.25) is 0 Å². The maximum atomic E-state index is 12.8. The predicted molar refractivity (Wildman–Crippen MR) is 109 cm³/mol. The molecule has 4 rings (SSSR count). The summed E-state index contributed by atoms with van der Waals surface area (Å²) >= 11 is 0. The standard InChI is InChI=1S/C24H33NO3/c1-17-7-6-10-24(2)14-22-19(13-21(17)24)20(23(27)28-22)16-25(11-12-26)15-18-8-4-3-5-9-18/h3-5,8-9,13,17,19-20,22,26H,6-7,10-12,14-16H2,1-2H3. The van der Waals surface area contributed by atoms with Crippen molar-refractivity contribution < 1.29 is 14.6 Å². The molecule has 1 saturated heterocycles. The zero-order valence-corrected chi connectivity index (χ0v) is 17.1. The van der Waals surface area contributed by atoms with Crippen LogP contribution in [0.3, 0.4) is 0 Å². The van der Waals surface area contributed by atoms with Gasteiger partial charge in [-0.1, -0.05) is 62.2 Å². The van der Waals surface area contributed by atoms with Crippen molar-refractivity contribution in [1.29, 1.82) is 0 Å². The van der Waals surface area contributed by atoms with E-state index in [4.69, 9.17) is 4.74 Å². The molecule has 5 unspecified atom stereocenters. The second-order valence-corrected chi connectivity index (χ2v) is 9.28. The Kier molecular flexibility index (Phi) is 5.62. The predicted octanol–water partition coefficient (Wildman–Crippen LogP) is 3.80. The molecule has 1 aliphatic heterocycles. The minimum atomic E-state index is -0.133. The van der Waals surface area contributed by atoms with Crippen molar-refractivity contribution in [3.63, 3.8) is 0 Å². The van der Waals surface area contributed by atoms with Gasteiger partial charge in [0.1, 0.15) is 6.10 Å². The molecule has 152 valence electrons. The van der Waals surface area contributed by atoms with E-state index >= 15 is 0 Å². The number of allylic oxidation sites excluding steroid dienone is 1. The zero-order chi connectivity index (χ0) is 19.7. The van der Waals surface area contributed by atoms with Gasteiger partial charge in [0, 0.05) is 25.6 Å². The molecule has 5 atom stereocenters. The number of hydrogen-bond donors (Lipinski definition) is 1. The maximum Gasteiger partial charge on any atom is 0.311 e. The van der Waals surface area contributed by atoms with Crippen molar-refractivity contribution in [2.75, 3.05) is 19.7 Å². The second kappa shape index (κ2) is 8.00. The Morgan fingerprint density at radius 3 is 2.82 bits per heavy atom. The van der Waals surface area contributed by atoms with Gasteiger partial charge in [-0.3, -0.25) is 9.69 Å². The molecule has 4 heteroatoms. The molecule has 0 amide bonds. The van der Waals surface area contributed by atoms with Crippen LogP contribution < -0.4 is 0 Å². The lowest BCUT2D eigenvalue weighted by Gasteiger charge is -2.46. The molecule has 3 aliphatic rings. The van der Waals surface area contributed by atoms with Gasteiger partial charge in [-0.2, -0.15) is 0 Å². The number of ether oxygens (including phenoxy) is 1. The van der Waals surface area contributed by atoms with Crippen molar-refractivity contribution in [2.45, 2.75) is 52.2 Å². The molecule has 1 N–H and O–H groups in total. The fraction of sp³-hybridized carbons (Fsp3) is 0.625. The summed E-state index contributed by atoms with van der Waals surface area (Å²) < 4.78 is 5.88. The lowest BCUT2D eigenvalue weighted by molar-refractivity contribution is -0.145. The van der Waals surface area contributed by atoms with E-state index in [1.165, 1.54) is 24.8 Å². The maximum absolute atomic E-state index is 12.8.